The molecule has 15 heavy (non-hydrogen) atoms. The third kappa shape index (κ3) is 2.75. The molecule has 0 saturated carbocycles. The van der Waals surface area contributed by atoms with E-state index in [0.717, 1.165) is 6.29 Å². The zero-order chi connectivity index (χ0) is 11.1. The smallest absolute Gasteiger partial charge is 0.171 e. The fourth-order valence-electron chi connectivity index (χ4n) is 1.15. The summed E-state index contributed by atoms with van der Waals surface area (Å²) in [6.07, 6.45) is 6.33. The molecule has 0 N–H and O–H groups in total. The van der Waals surface area contributed by atoms with Crippen molar-refractivity contribution in [1.82, 2.24) is 0 Å². The van der Waals surface area contributed by atoms with Gasteiger partial charge in [-0.15, -0.1) is 12.3 Å². The van der Waals surface area contributed by atoms with Crippen LogP contribution in [0.3, 0.4) is 0 Å². The maximum absolute atomic E-state index is 10.8. The molecule has 3 heteroatoms. The van der Waals surface area contributed by atoms with Crippen molar-refractivity contribution in [3.8, 4) is 23.8 Å². The predicted octanol–water partition coefficient (Wildman–Crippen LogP) is 1.91. The summed E-state index contributed by atoms with van der Waals surface area (Å²) in [6.45, 7) is 0.373. The highest BCUT2D eigenvalue weighted by molar-refractivity contribution is 5.81. The van der Waals surface area contributed by atoms with Crippen LogP contribution in [0.25, 0.3) is 0 Å². The van der Waals surface area contributed by atoms with Gasteiger partial charge in [0.25, 0.3) is 0 Å². The van der Waals surface area contributed by atoms with Gasteiger partial charge in [-0.2, -0.15) is 0 Å². The van der Waals surface area contributed by atoms with Crippen molar-refractivity contribution in [2.75, 3.05) is 13.7 Å². The van der Waals surface area contributed by atoms with Gasteiger partial charge < -0.3 is 9.47 Å². The van der Waals surface area contributed by atoms with Crippen LogP contribution in [0.4, 0.5) is 0 Å². The molecule has 0 aliphatic rings. The second kappa shape index (κ2) is 5.71. The highest BCUT2D eigenvalue weighted by Gasteiger charge is 2.08. The van der Waals surface area contributed by atoms with Gasteiger partial charge in [0, 0.05) is 6.42 Å². The monoisotopic (exact) mass is 204 g/mol. The average Bonchev–Trinajstić information content (AvgIpc) is 2.29. The molecule has 0 aliphatic carbocycles. The van der Waals surface area contributed by atoms with E-state index < -0.39 is 0 Å². The fraction of sp³-hybridized carbons (Fsp3) is 0.250. The number of carbonyl (C=O) groups is 1. The highest BCUT2D eigenvalue weighted by Crippen LogP contribution is 2.29. The Hall–Kier alpha value is -1.95. The molecule has 0 spiro atoms. The Labute approximate surface area is 89.0 Å². The maximum Gasteiger partial charge on any atom is 0.171 e. The van der Waals surface area contributed by atoms with Gasteiger partial charge in [-0.25, -0.2) is 0 Å². The van der Waals surface area contributed by atoms with Crippen LogP contribution in [0, 0.1) is 12.3 Å². The first kappa shape index (κ1) is 11.1. The van der Waals surface area contributed by atoms with E-state index in [0.29, 0.717) is 30.1 Å². The van der Waals surface area contributed by atoms with Crippen molar-refractivity contribution in [1.29, 1.82) is 0 Å². The van der Waals surface area contributed by atoms with Gasteiger partial charge in [-0.3, -0.25) is 4.79 Å². The zero-order valence-electron chi connectivity index (χ0n) is 8.53. The van der Waals surface area contributed by atoms with Crippen molar-refractivity contribution >= 4 is 6.29 Å². The van der Waals surface area contributed by atoms with Gasteiger partial charge in [0.15, 0.2) is 17.8 Å². The highest BCUT2D eigenvalue weighted by atomic mass is 16.5. The molecule has 0 aromatic heterocycles. The summed E-state index contributed by atoms with van der Waals surface area (Å²) in [5, 5.41) is 0. The first-order chi connectivity index (χ1) is 7.33. The summed E-state index contributed by atoms with van der Waals surface area (Å²) in [7, 11) is 1.53. The summed E-state index contributed by atoms with van der Waals surface area (Å²) in [5.74, 6) is 3.45. The molecule has 0 aliphatic heterocycles. The Bertz CT molecular complexity index is 377. The number of rotatable bonds is 5. The number of hydrogen-bond acceptors (Lipinski definition) is 3. The summed E-state index contributed by atoms with van der Waals surface area (Å²) < 4.78 is 10.5. The number of hydrogen-bond donors (Lipinski definition) is 0. The molecule has 0 fully saturated rings. The van der Waals surface area contributed by atoms with Crippen LogP contribution in [-0.2, 0) is 0 Å². The van der Waals surface area contributed by atoms with Crippen molar-refractivity contribution in [3.63, 3.8) is 0 Å². The fourth-order valence-corrected chi connectivity index (χ4v) is 1.15. The number of methoxy groups -OCH3 is 1. The molecule has 0 amide bonds. The minimum absolute atomic E-state index is 0.373. The number of para-hydroxylation sites is 1. The van der Waals surface area contributed by atoms with Crippen LogP contribution in [0.1, 0.15) is 16.8 Å². The van der Waals surface area contributed by atoms with E-state index in [4.69, 9.17) is 15.9 Å². The molecule has 0 unspecified atom stereocenters. The SMILES string of the molecule is C#CCCOc1c(C=O)cccc1OC. The largest absolute Gasteiger partial charge is 0.493 e. The van der Waals surface area contributed by atoms with Crippen molar-refractivity contribution in [2.24, 2.45) is 0 Å². The number of aldehydes is 1. The molecule has 0 bridgehead atoms. The second-order valence-electron chi connectivity index (χ2n) is 2.80. The summed E-state index contributed by atoms with van der Waals surface area (Å²) in [5.41, 5.74) is 0.464. The molecule has 0 atom stereocenters. The van der Waals surface area contributed by atoms with Crippen molar-refractivity contribution < 1.29 is 14.3 Å². The molecule has 3 nitrogen and oxygen atoms in total. The Morgan fingerprint density at radius 2 is 2.33 bits per heavy atom. The lowest BCUT2D eigenvalue weighted by Gasteiger charge is -2.11. The van der Waals surface area contributed by atoms with E-state index in [1.165, 1.54) is 7.11 Å². The lowest BCUT2D eigenvalue weighted by atomic mass is 10.2. The van der Waals surface area contributed by atoms with Crippen LogP contribution >= 0.6 is 0 Å². The molecule has 1 aromatic carbocycles. The van der Waals surface area contributed by atoms with Gasteiger partial charge in [-0.1, -0.05) is 6.07 Å². The van der Waals surface area contributed by atoms with E-state index in [2.05, 4.69) is 5.92 Å². The number of ether oxygens (including phenoxy) is 2. The first-order valence-electron chi connectivity index (χ1n) is 4.52. The van der Waals surface area contributed by atoms with Crippen LogP contribution in [0.15, 0.2) is 18.2 Å². The van der Waals surface area contributed by atoms with Crippen LogP contribution in [0.5, 0.6) is 11.5 Å². The normalized spacial score (nSPS) is 9.07. The summed E-state index contributed by atoms with van der Waals surface area (Å²) in [4.78, 5) is 10.8. The molecule has 1 rings (SSSR count). The third-order valence-corrected chi connectivity index (χ3v) is 1.85. The quantitative estimate of drug-likeness (QED) is 0.417. The first-order valence-corrected chi connectivity index (χ1v) is 4.52. The molecular weight excluding hydrogens is 192 g/mol. The summed E-state index contributed by atoms with van der Waals surface area (Å²) in [6, 6.07) is 5.13. The van der Waals surface area contributed by atoms with E-state index in [9.17, 15) is 4.79 Å². The Morgan fingerprint density at radius 3 is 2.93 bits per heavy atom. The standard InChI is InChI=1S/C12H12O3/c1-3-4-8-15-12-10(9-13)6-5-7-11(12)14-2/h1,5-7,9H,4,8H2,2H3. The van der Waals surface area contributed by atoms with Gasteiger partial charge in [0.1, 0.15) is 0 Å². The van der Waals surface area contributed by atoms with Gasteiger partial charge in [-0.05, 0) is 12.1 Å². The zero-order valence-corrected chi connectivity index (χ0v) is 8.53. The Morgan fingerprint density at radius 1 is 1.53 bits per heavy atom. The second-order valence-corrected chi connectivity index (χ2v) is 2.80. The maximum atomic E-state index is 10.8. The van der Waals surface area contributed by atoms with Crippen LogP contribution in [0.2, 0.25) is 0 Å². The third-order valence-electron chi connectivity index (χ3n) is 1.85. The molecule has 78 valence electrons. The van der Waals surface area contributed by atoms with Crippen molar-refractivity contribution in [3.05, 3.63) is 23.8 Å². The van der Waals surface area contributed by atoms with Crippen LogP contribution < -0.4 is 9.47 Å². The number of terminal acetylenes is 1. The number of carbonyl (C=O) groups excluding carboxylic acids is 1. The predicted molar refractivity (Wildman–Crippen MR) is 57.3 cm³/mol. The van der Waals surface area contributed by atoms with Gasteiger partial charge in [0.05, 0.1) is 19.3 Å². The Kier molecular flexibility index (Phi) is 4.24. The molecule has 1 aromatic rings. The van der Waals surface area contributed by atoms with Gasteiger partial charge in [0.2, 0.25) is 0 Å². The molecular formula is C12H12O3. The van der Waals surface area contributed by atoms with Gasteiger partial charge >= 0.3 is 0 Å². The van der Waals surface area contributed by atoms with Crippen molar-refractivity contribution in [2.45, 2.75) is 6.42 Å². The Balaban J connectivity index is 2.90. The van der Waals surface area contributed by atoms with E-state index >= 15 is 0 Å². The lowest BCUT2D eigenvalue weighted by molar-refractivity contribution is 0.111. The number of benzene rings is 1. The topological polar surface area (TPSA) is 35.5 Å². The molecule has 0 saturated heterocycles. The minimum atomic E-state index is 0.373. The van der Waals surface area contributed by atoms with E-state index in [1.807, 2.05) is 0 Å². The molecule has 0 radical (unpaired) electrons. The lowest BCUT2D eigenvalue weighted by Crippen LogP contribution is -2.01. The average molecular weight is 204 g/mol. The van der Waals surface area contributed by atoms with E-state index in [1.54, 1.807) is 18.2 Å². The molecule has 0 heterocycles. The van der Waals surface area contributed by atoms with Crippen LogP contribution in [-0.4, -0.2) is 20.0 Å². The van der Waals surface area contributed by atoms with E-state index in [-0.39, 0.29) is 0 Å². The minimum Gasteiger partial charge on any atom is -0.493 e. The summed E-state index contributed by atoms with van der Waals surface area (Å²) >= 11 is 0.